The predicted molar refractivity (Wildman–Crippen MR) is 124 cm³/mol. The molecule has 0 aromatic carbocycles. The van der Waals surface area contributed by atoms with Crippen LogP contribution in [0.3, 0.4) is 0 Å². The number of rotatable bonds is 8. The lowest BCUT2D eigenvalue weighted by molar-refractivity contribution is -0.133. The van der Waals surface area contributed by atoms with Gasteiger partial charge in [0.25, 0.3) is 11.5 Å². The monoisotopic (exact) mass is 448 g/mol. The van der Waals surface area contributed by atoms with Gasteiger partial charge >= 0.3 is 0 Å². The zero-order valence-corrected chi connectivity index (χ0v) is 19.8. The molecule has 8 nitrogen and oxygen atoms in total. The first-order chi connectivity index (χ1) is 15.3. The standard InChI is InChI=1S/C24H36N2O6/c1-7-17-15-18(21(27)25-24(8-2,9-3)23(29)31-6)22(28)26-13-11-10-12-14-32-20(19(17)26)16(4)30-5/h7,15,23,29H,1,8-14H2,2-6H3,(H,25,27)/b20-16-. The molecule has 8 heteroatoms. The number of nitrogens with zero attached hydrogens (tertiary/aromatic N) is 1. The van der Waals surface area contributed by atoms with E-state index in [2.05, 4.69) is 11.9 Å². The summed E-state index contributed by atoms with van der Waals surface area (Å²) in [7, 11) is 2.92. The van der Waals surface area contributed by atoms with Gasteiger partial charge in [-0.1, -0.05) is 26.5 Å². The molecule has 2 heterocycles. The number of nitrogens with one attached hydrogen (secondary N) is 1. The van der Waals surface area contributed by atoms with E-state index in [1.54, 1.807) is 24.7 Å². The molecule has 1 unspecified atom stereocenters. The van der Waals surface area contributed by atoms with E-state index in [4.69, 9.17) is 14.2 Å². The van der Waals surface area contributed by atoms with Crippen molar-refractivity contribution in [1.29, 1.82) is 0 Å². The quantitative estimate of drug-likeness (QED) is 0.468. The van der Waals surface area contributed by atoms with Crippen LogP contribution in [0.25, 0.3) is 11.8 Å². The summed E-state index contributed by atoms with van der Waals surface area (Å²) in [6.07, 6.45) is 3.76. The second kappa shape index (κ2) is 11.3. The maximum atomic E-state index is 13.5. The van der Waals surface area contributed by atoms with Crippen molar-refractivity contribution in [2.45, 2.75) is 71.2 Å². The number of aromatic nitrogens is 1. The Morgan fingerprint density at radius 1 is 1.34 bits per heavy atom. The van der Waals surface area contributed by atoms with Gasteiger partial charge < -0.3 is 29.2 Å². The van der Waals surface area contributed by atoms with E-state index in [1.165, 1.54) is 13.2 Å². The van der Waals surface area contributed by atoms with Crippen molar-refractivity contribution in [1.82, 2.24) is 9.88 Å². The van der Waals surface area contributed by atoms with Gasteiger partial charge in [0, 0.05) is 19.2 Å². The molecule has 32 heavy (non-hydrogen) atoms. The number of hydrogen-bond donors (Lipinski definition) is 2. The highest BCUT2D eigenvalue weighted by molar-refractivity contribution is 5.95. The molecule has 0 radical (unpaired) electrons. The van der Waals surface area contributed by atoms with E-state index in [1.807, 2.05) is 13.8 Å². The first kappa shape index (κ1) is 25.7. The summed E-state index contributed by atoms with van der Waals surface area (Å²) < 4.78 is 18.1. The summed E-state index contributed by atoms with van der Waals surface area (Å²) in [5, 5.41) is 13.2. The summed E-state index contributed by atoms with van der Waals surface area (Å²) in [6.45, 7) is 10.3. The number of aliphatic hydroxyl groups is 1. The van der Waals surface area contributed by atoms with E-state index in [-0.39, 0.29) is 5.56 Å². The molecule has 1 atom stereocenters. The van der Waals surface area contributed by atoms with Crippen LogP contribution in [0.4, 0.5) is 0 Å². The highest BCUT2D eigenvalue weighted by Gasteiger charge is 2.37. The zero-order valence-electron chi connectivity index (χ0n) is 19.8. The number of methoxy groups -OCH3 is 2. The third-order valence-corrected chi connectivity index (χ3v) is 6.22. The van der Waals surface area contributed by atoms with Crippen LogP contribution < -0.4 is 10.9 Å². The number of allylic oxidation sites excluding steroid dienone is 1. The second-order valence-corrected chi connectivity index (χ2v) is 7.93. The molecule has 0 aliphatic carbocycles. The summed E-state index contributed by atoms with van der Waals surface area (Å²) in [6, 6.07) is 1.52. The lowest BCUT2D eigenvalue weighted by Crippen LogP contribution is -2.57. The summed E-state index contributed by atoms with van der Waals surface area (Å²) in [5.41, 5.74) is -0.319. The Bertz CT molecular complexity index is 914. The number of ether oxygens (including phenoxy) is 3. The van der Waals surface area contributed by atoms with Crippen LogP contribution in [0.5, 0.6) is 0 Å². The van der Waals surface area contributed by atoms with Crippen LogP contribution in [-0.2, 0) is 20.8 Å². The molecule has 0 saturated carbocycles. The lowest BCUT2D eigenvalue weighted by atomic mass is 9.91. The SMILES string of the molecule is C=Cc1cc(C(=O)NC(CC)(CC)C(O)OC)c(=O)n2c1/C(=C(\C)OC)OCCCCC2. The minimum Gasteiger partial charge on any atom is -0.497 e. The molecule has 1 amide bonds. The Morgan fingerprint density at radius 2 is 2.03 bits per heavy atom. The van der Waals surface area contributed by atoms with E-state index in [0.29, 0.717) is 48.8 Å². The average Bonchev–Trinajstić information content (AvgIpc) is 2.92. The fourth-order valence-electron chi connectivity index (χ4n) is 3.98. The molecular weight excluding hydrogens is 412 g/mol. The Kier molecular flexibility index (Phi) is 9.09. The number of carbonyl (C=O) groups excluding carboxylic acids is 1. The van der Waals surface area contributed by atoms with Gasteiger partial charge in [0.1, 0.15) is 11.3 Å². The molecular formula is C24H36N2O6. The molecule has 178 valence electrons. The van der Waals surface area contributed by atoms with Crippen LogP contribution in [-0.4, -0.2) is 48.2 Å². The molecule has 2 rings (SSSR count). The van der Waals surface area contributed by atoms with Gasteiger partial charge in [-0.15, -0.1) is 0 Å². The van der Waals surface area contributed by atoms with Gasteiger partial charge in [0.05, 0.1) is 24.9 Å². The maximum Gasteiger partial charge on any atom is 0.264 e. The highest BCUT2D eigenvalue weighted by atomic mass is 16.6. The third-order valence-electron chi connectivity index (χ3n) is 6.22. The molecule has 0 saturated heterocycles. The predicted octanol–water partition coefficient (Wildman–Crippen LogP) is 3.28. The Labute approximate surface area is 189 Å². The lowest BCUT2D eigenvalue weighted by Gasteiger charge is -2.36. The zero-order chi connectivity index (χ0) is 23.9. The van der Waals surface area contributed by atoms with Crippen molar-refractivity contribution in [3.63, 3.8) is 0 Å². The van der Waals surface area contributed by atoms with Crippen LogP contribution in [0.15, 0.2) is 23.2 Å². The smallest absolute Gasteiger partial charge is 0.264 e. The van der Waals surface area contributed by atoms with Gasteiger partial charge in [-0.05, 0) is 45.1 Å². The third kappa shape index (κ3) is 5.07. The average molecular weight is 449 g/mol. The number of pyridine rings is 1. The normalized spacial score (nSPS) is 17.1. The van der Waals surface area contributed by atoms with Gasteiger partial charge in [-0.3, -0.25) is 9.59 Å². The van der Waals surface area contributed by atoms with Crippen LogP contribution >= 0.6 is 0 Å². The molecule has 1 aromatic rings. The van der Waals surface area contributed by atoms with E-state index >= 15 is 0 Å². The minimum atomic E-state index is -1.21. The Morgan fingerprint density at radius 3 is 2.59 bits per heavy atom. The topological polar surface area (TPSA) is 99.0 Å². The van der Waals surface area contributed by atoms with Crippen LogP contribution in [0.1, 0.15) is 74.5 Å². The maximum absolute atomic E-state index is 13.5. The van der Waals surface area contributed by atoms with Gasteiger partial charge in [-0.2, -0.15) is 0 Å². The molecule has 1 aromatic heterocycles. The summed E-state index contributed by atoms with van der Waals surface area (Å²) in [4.78, 5) is 26.8. The molecule has 0 fully saturated rings. The molecule has 0 bridgehead atoms. The van der Waals surface area contributed by atoms with Crippen molar-refractivity contribution in [3.8, 4) is 0 Å². The number of amides is 1. The summed E-state index contributed by atoms with van der Waals surface area (Å²) >= 11 is 0. The minimum absolute atomic E-state index is 0.0214. The Hall–Kier alpha value is -2.58. The van der Waals surface area contributed by atoms with E-state index in [9.17, 15) is 14.7 Å². The first-order valence-corrected chi connectivity index (χ1v) is 11.1. The van der Waals surface area contributed by atoms with Crippen molar-refractivity contribution in [3.05, 3.63) is 45.6 Å². The molecule has 0 spiro atoms. The largest absolute Gasteiger partial charge is 0.497 e. The van der Waals surface area contributed by atoms with E-state index in [0.717, 1.165) is 19.3 Å². The van der Waals surface area contributed by atoms with Gasteiger partial charge in [-0.25, -0.2) is 0 Å². The molecule has 2 N–H and O–H groups in total. The van der Waals surface area contributed by atoms with Gasteiger partial charge in [0.2, 0.25) is 0 Å². The molecule has 1 aliphatic heterocycles. The van der Waals surface area contributed by atoms with Crippen LogP contribution in [0, 0.1) is 0 Å². The fraction of sp³-hybridized carbons (Fsp3) is 0.583. The van der Waals surface area contributed by atoms with E-state index < -0.39 is 23.3 Å². The van der Waals surface area contributed by atoms with Crippen molar-refractivity contribution in [2.75, 3.05) is 20.8 Å². The fourth-order valence-corrected chi connectivity index (χ4v) is 3.98. The number of hydrogen-bond acceptors (Lipinski definition) is 6. The number of fused-ring (bicyclic) bond motifs is 1. The molecule has 1 aliphatic rings. The van der Waals surface area contributed by atoms with Gasteiger partial charge in [0.15, 0.2) is 12.0 Å². The highest BCUT2D eigenvalue weighted by Crippen LogP contribution is 2.28. The second-order valence-electron chi connectivity index (χ2n) is 7.93. The number of carbonyl (C=O) groups is 1. The number of aliphatic hydroxyl groups excluding tert-OH is 1. The first-order valence-electron chi connectivity index (χ1n) is 11.1. The Balaban J connectivity index is 2.69. The van der Waals surface area contributed by atoms with Crippen LogP contribution in [0.2, 0.25) is 0 Å². The summed E-state index contributed by atoms with van der Waals surface area (Å²) in [5.74, 6) is 0.446. The van der Waals surface area contributed by atoms with Crippen molar-refractivity contribution < 1.29 is 24.1 Å². The van der Waals surface area contributed by atoms with Crippen molar-refractivity contribution >= 4 is 17.7 Å². The van der Waals surface area contributed by atoms with Crippen molar-refractivity contribution in [2.24, 2.45) is 0 Å².